The third kappa shape index (κ3) is 4.57. The summed E-state index contributed by atoms with van der Waals surface area (Å²) >= 11 is 12.2. The van der Waals surface area contributed by atoms with Crippen molar-refractivity contribution in [1.29, 1.82) is 0 Å². The Balaban J connectivity index is 1.47. The fraction of sp³-hybridized carbons (Fsp3) is 0.273. The molecule has 0 spiro atoms. The molecule has 0 saturated carbocycles. The molecule has 2 aromatic heterocycles. The highest BCUT2D eigenvalue weighted by atomic mass is 35.5. The van der Waals surface area contributed by atoms with E-state index in [4.69, 9.17) is 37.5 Å². The average Bonchev–Trinajstić information content (AvgIpc) is 3.10. The van der Waals surface area contributed by atoms with Crippen LogP contribution in [0, 0.1) is 5.92 Å². The molecular formula is C22H19Cl2NO4. The number of halogens is 2. The van der Waals surface area contributed by atoms with E-state index in [1.54, 1.807) is 12.1 Å². The molecule has 1 N–H and O–H groups in total. The number of hydrogen-bond donors (Lipinski definition) is 1. The molecule has 0 fully saturated rings. The van der Waals surface area contributed by atoms with Crippen LogP contribution in [0.1, 0.15) is 36.9 Å². The van der Waals surface area contributed by atoms with Gasteiger partial charge in [-0.15, -0.1) is 0 Å². The lowest BCUT2D eigenvalue weighted by Crippen LogP contribution is -2.11. The molecule has 4 rings (SSSR count). The molecule has 0 saturated heterocycles. The van der Waals surface area contributed by atoms with Crippen molar-refractivity contribution in [3.05, 3.63) is 64.0 Å². The number of hydrogen-bond acceptors (Lipinski definition) is 4. The SMILES string of the molecule is O=C(O)CC1CC=C(c2cccc(OCc3ccc(Cl)c4cc(Cl)oc34)n2)CC1. The van der Waals surface area contributed by atoms with Crippen LogP contribution in [0.4, 0.5) is 0 Å². The minimum Gasteiger partial charge on any atom is -0.481 e. The van der Waals surface area contributed by atoms with Crippen LogP contribution in [0.2, 0.25) is 10.2 Å². The van der Waals surface area contributed by atoms with E-state index in [1.807, 2.05) is 24.3 Å². The lowest BCUT2D eigenvalue weighted by atomic mass is 9.86. The molecule has 1 aliphatic carbocycles. The van der Waals surface area contributed by atoms with Gasteiger partial charge in [0, 0.05) is 29.5 Å². The highest BCUT2D eigenvalue weighted by molar-refractivity contribution is 6.36. The van der Waals surface area contributed by atoms with E-state index in [2.05, 4.69) is 11.1 Å². The largest absolute Gasteiger partial charge is 0.481 e. The van der Waals surface area contributed by atoms with Gasteiger partial charge in [-0.05, 0) is 54.5 Å². The van der Waals surface area contributed by atoms with Gasteiger partial charge in [-0.3, -0.25) is 4.79 Å². The number of aliphatic carboxylic acids is 1. The van der Waals surface area contributed by atoms with Crippen LogP contribution in [-0.4, -0.2) is 16.1 Å². The van der Waals surface area contributed by atoms with Crippen LogP contribution < -0.4 is 4.74 Å². The van der Waals surface area contributed by atoms with Crippen molar-refractivity contribution >= 4 is 45.7 Å². The summed E-state index contributed by atoms with van der Waals surface area (Å²) in [6.07, 6.45) is 4.74. The molecule has 150 valence electrons. The minimum atomic E-state index is -0.741. The maximum Gasteiger partial charge on any atom is 0.303 e. The third-order valence-electron chi connectivity index (χ3n) is 5.09. The number of nitrogens with zero attached hydrogens (tertiary/aromatic N) is 1. The average molecular weight is 432 g/mol. The van der Waals surface area contributed by atoms with Crippen molar-refractivity contribution in [2.24, 2.45) is 5.92 Å². The van der Waals surface area contributed by atoms with Crippen molar-refractivity contribution in [2.45, 2.75) is 32.3 Å². The Bertz CT molecular complexity index is 1090. The highest BCUT2D eigenvalue weighted by Gasteiger charge is 2.19. The Hall–Kier alpha value is -2.50. The fourth-order valence-corrected chi connectivity index (χ4v) is 4.00. The number of carboxylic acid groups (broad SMARTS) is 1. The van der Waals surface area contributed by atoms with Gasteiger partial charge in [-0.2, -0.15) is 0 Å². The summed E-state index contributed by atoms with van der Waals surface area (Å²) in [7, 11) is 0. The zero-order valence-corrected chi connectivity index (χ0v) is 17.0. The van der Waals surface area contributed by atoms with E-state index in [9.17, 15) is 4.79 Å². The van der Waals surface area contributed by atoms with E-state index >= 15 is 0 Å². The number of carboxylic acids is 1. The second kappa shape index (κ2) is 8.47. The summed E-state index contributed by atoms with van der Waals surface area (Å²) in [4.78, 5) is 15.5. The number of carbonyl (C=O) groups is 1. The molecular weight excluding hydrogens is 413 g/mol. The first-order valence-corrected chi connectivity index (χ1v) is 10.1. The van der Waals surface area contributed by atoms with Crippen LogP contribution in [-0.2, 0) is 11.4 Å². The molecule has 1 aliphatic rings. The van der Waals surface area contributed by atoms with Gasteiger partial charge in [-0.25, -0.2) is 4.98 Å². The molecule has 2 heterocycles. The zero-order valence-electron chi connectivity index (χ0n) is 15.5. The smallest absolute Gasteiger partial charge is 0.303 e. The molecule has 0 radical (unpaired) electrons. The fourth-order valence-electron chi connectivity index (χ4n) is 3.61. The Morgan fingerprint density at radius 2 is 2.14 bits per heavy atom. The second-order valence-electron chi connectivity index (χ2n) is 7.12. The van der Waals surface area contributed by atoms with E-state index in [0.717, 1.165) is 41.5 Å². The summed E-state index contributed by atoms with van der Waals surface area (Å²) in [6.45, 7) is 0.272. The summed E-state index contributed by atoms with van der Waals surface area (Å²) < 4.78 is 11.4. The van der Waals surface area contributed by atoms with Crippen molar-refractivity contribution in [1.82, 2.24) is 4.98 Å². The minimum absolute atomic E-state index is 0.197. The third-order valence-corrected chi connectivity index (χ3v) is 5.61. The van der Waals surface area contributed by atoms with Gasteiger partial charge < -0.3 is 14.3 Å². The number of furan rings is 1. The number of aromatic nitrogens is 1. The molecule has 1 atom stereocenters. The van der Waals surface area contributed by atoms with E-state index in [1.165, 1.54) is 0 Å². The van der Waals surface area contributed by atoms with E-state index in [0.29, 0.717) is 16.5 Å². The van der Waals surface area contributed by atoms with Crippen LogP contribution in [0.5, 0.6) is 5.88 Å². The van der Waals surface area contributed by atoms with Gasteiger partial charge in [0.1, 0.15) is 12.2 Å². The summed E-state index contributed by atoms with van der Waals surface area (Å²) in [5.41, 5.74) is 3.43. The predicted octanol–water partition coefficient (Wildman–Crippen LogP) is 6.37. The van der Waals surface area contributed by atoms with Gasteiger partial charge in [0.25, 0.3) is 0 Å². The second-order valence-corrected chi connectivity index (χ2v) is 7.90. The van der Waals surface area contributed by atoms with Crippen molar-refractivity contribution in [3.63, 3.8) is 0 Å². The van der Waals surface area contributed by atoms with Crippen LogP contribution in [0.3, 0.4) is 0 Å². The zero-order chi connectivity index (χ0) is 20.4. The van der Waals surface area contributed by atoms with Crippen LogP contribution >= 0.6 is 23.2 Å². The molecule has 1 aromatic carbocycles. The Kier molecular flexibility index (Phi) is 5.79. The first-order valence-electron chi connectivity index (χ1n) is 9.37. The first kappa shape index (κ1) is 19.8. The molecule has 7 heteroatoms. The van der Waals surface area contributed by atoms with Crippen molar-refractivity contribution in [3.8, 4) is 5.88 Å². The lowest BCUT2D eigenvalue weighted by molar-refractivity contribution is -0.138. The summed E-state index contributed by atoms with van der Waals surface area (Å²) in [6, 6.07) is 11.0. The van der Waals surface area contributed by atoms with Gasteiger partial charge in [0.05, 0.1) is 10.7 Å². The summed E-state index contributed by atoms with van der Waals surface area (Å²) in [5, 5.41) is 10.6. The van der Waals surface area contributed by atoms with Gasteiger partial charge in [0.15, 0.2) is 5.22 Å². The van der Waals surface area contributed by atoms with E-state index < -0.39 is 5.97 Å². The molecule has 0 aliphatic heterocycles. The van der Waals surface area contributed by atoms with Gasteiger partial charge in [-0.1, -0.05) is 29.8 Å². The number of allylic oxidation sites excluding steroid dienone is 2. The van der Waals surface area contributed by atoms with E-state index in [-0.39, 0.29) is 24.2 Å². The highest BCUT2D eigenvalue weighted by Crippen LogP contribution is 2.33. The quantitative estimate of drug-likeness (QED) is 0.490. The number of rotatable bonds is 6. The standard InChI is InChI=1S/C22H19Cl2NO4/c23-17-9-8-15(22-16(17)11-19(24)29-22)12-28-20-3-1-2-18(25-20)14-6-4-13(5-7-14)10-21(26)27/h1-3,6,8-9,11,13H,4-5,7,10,12H2,(H,26,27). The molecule has 0 amide bonds. The number of benzene rings is 1. The Labute approximate surface area is 177 Å². The number of fused-ring (bicyclic) bond motifs is 1. The van der Waals surface area contributed by atoms with Crippen molar-refractivity contribution in [2.75, 3.05) is 0 Å². The van der Waals surface area contributed by atoms with Gasteiger partial charge >= 0.3 is 5.97 Å². The molecule has 0 bridgehead atoms. The molecule has 3 aromatic rings. The Morgan fingerprint density at radius 1 is 1.28 bits per heavy atom. The maximum absolute atomic E-state index is 10.9. The van der Waals surface area contributed by atoms with Gasteiger partial charge in [0.2, 0.25) is 5.88 Å². The number of ether oxygens (including phenoxy) is 1. The van der Waals surface area contributed by atoms with Crippen LogP contribution in [0.25, 0.3) is 16.5 Å². The predicted molar refractivity (Wildman–Crippen MR) is 112 cm³/mol. The maximum atomic E-state index is 10.9. The summed E-state index contributed by atoms with van der Waals surface area (Å²) in [5.74, 6) is -0.0329. The van der Waals surface area contributed by atoms with Crippen molar-refractivity contribution < 1.29 is 19.1 Å². The molecule has 5 nitrogen and oxygen atoms in total. The first-order chi connectivity index (χ1) is 14.0. The Morgan fingerprint density at radius 3 is 2.90 bits per heavy atom. The number of pyridine rings is 1. The lowest BCUT2D eigenvalue weighted by Gasteiger charge is -2.20. The normalized spacial score (nSPS) is 16.6. The molecule has 1 unspecified atom stereocenters. The topological polar surface area (TPSA) is 72.6 Å². The van der Waals surface area contributed by atoms with Crippen LogP contribution in [0.15, 0.2) is 46.9 Å². The monoisotopic (exact) mass is 431 g/mol. The molecule has 29 heavy (non-hydrogen) atoms.